The third kappa shape index (κ3) is 4.63. The van der Waals surface area contributed by atoms with Crippen LogP contribution in [0.3, 0.4) is 0 Å². The van der Waals surface area contributed by atoms with Crippen LogP contribution in [0.5, 0.6) is 0 Å². The first-order valence-corrected chi connectivity index (χ1v) is 7.67. The van der Waals surface area contributed by atoms with Crippen molar-refractivity contribution in [3.8, 4) is 0 Å². The van der Waals surface area contributed by atoms with Crippen LogP contribution < -0.4 is 5.32 Å². The first kappa shape index (κ1) is 14.5. The molecule has 1 aromatic rings. The minimum Gasteiger partial charge on any atom is -0.317 e. The second-order valence-corrected chi connectivity index (χ2v) is 6.05. The van der Waals surface area contributed by atoms with Gasteiger partial charge >= 0.3 is 0 Å². The van der Waals surface area contributed by atoms with E-state index in [1.807, 2.05) is 0 Å². The molecule has 1 unspecified atom stereocenters. The highest BCUT2D eigenvalue weighted by molar-refractivity contribution is 5.28. The van der Waals surface area contributed by atoms with Gasteiger partial charge in [0.05, 0.1) is 0 Å². The summed E-state index contributed by atoms with van der Waals surface area (Å²) >= 11 is 0. The summed E-state index contributed by atoms with van der Waals surface area (Å²) in [6, 6.07) is 6.93. The molecule has 1 N–H and O–H groups in total. The molecule has 1 fully saturated rings. The van der Waals surface area contributed by atoms with E-state index in [0.29, 0.717) is 0 Å². The van der Waals surface area contributed by atoms with Gasteiger partial charge in [0, 0.05) is 13.1 Å². The summed E-state index contributed by atoms with van der Waals surface area (Å²) in [6.45, 7) is 12.5. The minimum atomic E-state index is 0.833. The second-order valence-electron chi connectivity index (χ2n) is 6.05. The van der Waals surface area contributed by atoms with Crippen molar-refractivity contribution in [1.82, 2.24) is 10.2 Å². The third-order valence-electron chi connectivity index (χ3n) is 3.97. The second kappa shape index (κ2) is 7.06. The Labute approximate surface area is 118 Å². The summed E-state index contributed by atoms with van der Waals surface area (Å²) in [4.78, 5) is 2.62. The van der Waals surface area contributed by atoms with E-state index in [2.05, 4.69) is 49.2 Å². The number of hydrogen-bond donors (Lipinski definition) is 1. The molecule has 2 nitrogen and oxygen atoms in total. The van der Waals surface area contributed by atoms with E-state index in [1.54, 1.807) is 0 Å². The largest absolute Gasteiger partial charge is 0.317 e. The molecule has 1 atom stereocenters. The van der Waals surface area contributed by atoms with E-state index >= 15 is 0 Å². The number of benzene rings is 1. The Hall–Kier alpha value is -0.860. The highest BCUT2D eigenvalue weighted by Gasteiger charge is 2.19. The molecule has 2 heteroatoms. The van der Waals surface area contributed by atoms with Crippen molar-refractivity contribution in [1.29, 1.82) is 0 Å². The van der Waals surface area contributed by atoms with Gasteiger partial charge in [-0.2, -0.15) is 0 Å². The van der Waals surface area contributed by atoms with Crippen LogP contribution in [0.2, 0.25) is 0 Å². The van der Waals surface area contributed by atoms with Gasteiger partial charge in [0.25, 0.3) is 0 Å². The smallest absolute Gasteiger partial charge is 0.0234 e. The fraction of sp³-hybridized carbons (Fsp3) is 0.647. The fourth-order valence-electron chi connectivity index (χ4n) is 3.23. The van der Waals surface area contributed by atoms with Crippen molar-refractivity contribution in [2.24, 2.45) is 5.92 Å². The molecule has 0 radical (unpaired) electrons. The van der Waals surface area contributed by atoms with Gasteiger partial charge in [-0.3, -0.25) is 4.90 Å². The molecule has 1 saturated heterocycles. The van der Waals surface area contributed by atoms with Crippen LogP contribution >= 0.6 is 0 Å². The Morgan fingerprint density at radius 1 is 1.21 bits per heavy atom. The molecule has 0 aliphatic carbocycles. The molecule has 1 heterocycles. The van der Waals surface area contributed by atoms with Crippen LogP contribution in [-0.4, -0.2) is 31.1 Å². The van der Waals surface area contributed by atoms with Crippen LogP contribution in [0, 0.1) is 19.8 Å². The van der Waals surface area contributed by atoms with E-state index in [4.69, 9.17) is 0 Å². The summed E-state index contributed by atoms with van der Waals surface area (Å²) in [5, 5.41) is 3.49. The van der Waals surface area contributed by atoms with Crippen molar-refractivity contribution >= 4 is 0 Å². The minimum absolute atomic E-state index is 0.833. The summed E-state index contributed by atoms with van der Waals surface area (Å²) in [7, 11) is 0. The van der Waals surface area contributed by atoms with Gasteiger partial charge in [0.1, 0.15) is 0 Å². The van der Waals surface area contributed by atoms with Crippen LogP contribution in [0.4, 0.5) is 0 Å². The lowest BCUT2D eigenvalue weighted by atomic mass is 9.97. The molecule has 19 heavy (non-hydrogen) atoms. The highest BCUT2D eigenvalue weighted by atomic mass is 15.1. The first-order chi connectivity index (χ1) is 9.17. The average molecular weight is 260 g/mol. The SMILES string of the molecule is CCNCC1CCCN(Cc2cc(C)cc(C)c2)C1. The first-order valence-electron chi connectivity index (χ1n) is 7.67. The van der Waals surface area contributed by atoms with Crippen molar-refractivity contribution in [2.45, 2.75) is 40.2 Å². The molecule has 106 valence electrons. The van der Waals surface area contributed by atoms with E-state index in [1.165, 1.54) is 49.2 Å². The molecule has 0 bridgehead atoms. The Morgan fingerprint density at radius 2 is 1.95 bits per heavy atom. The van der Waals surface area contributed by atoms with Gasteiger partial charge in [-0.15, -0.1) is 0 Å². The molecule has 1 aromatic carbocycles. The lowest BCUT2D eigenvalue weighted by Gasteiger charge is -2.33. The van der Waals surface area contributed by atoms with Crippen LogP contribution in [0.25, 0.3) is 0 Å². The predicted molar refractivity (Wildman–Crippen MR) is 82.5 cm³/mol. The molecule has 1 aliphatic rings. The van der Waals surface area contributed by atoms with Crippen molar-refractivity contribution in [2.75, 3.05) is 26.2 Å². The quantitative estimate of drug-likeness (QED) is 0.875. The Kier molecular flexibility index (Phi) is 5.41. The summed E-state index contributed by atoms with van der Waals surface area (Å²) in [6.07, 6.45) is 2.73. The maximum Gasteiger partial charge on any atom is 0.0234 e. The molecule has 0 saturated carbocycles. The normalized spacial score (nSPS) is 20.7. The zero-order valence-corrected chi connectivity index (χ0v) is 12.7. The third-order valence-corrected chi connectivity index (χ3v) is 3.97. The van der Waals surface area contributed by atoms with Gasteiger partial charge in [-0.25, -0.2) is 0 Å². The number of likely N-dealkylation sites (tertiary alicyclic amines) is 1. The van der Waals surface area contributed by atoms with Crippen molar-refractivity contribution in [3.05, 3.63) is 34.9 Å². The van der Waals surface area contributed by atoms with Crippen molar-refractivity contribution < 1.29 is 0 Å². The molecule has 2 rings (SSSR count). The van der Waals surface area contributed by atoms with Gasteiger partial charge < -0.3 is 5.32 Å². The number of hydrogen-bond acceptors (Lipinski definition) is 2. The van der Waals surface area contributed by atoms with Crippen LogP contribution in [0.1, 0.15) is 36.5 Å². The van der Waals surface area contributed by atoms with Crippen LogP contribution in [0.15, 0.2) is 18.2 Å². The predicted octanol–water partition coefficient (Wildman–Crippen LogP) is 3.12. The molecule has 0 amide bonds. The standard InChI is InChI=1S/C17H28N2/c1-4-18-11-16-6-5-7-19(12-16)13-17-9-14(2)8-15(3)10-17/h8-10,16,18H,4-7,11-13H2,1-3H3. The average Bonchev–Trinajstić information content (AvgIpc) is 2.35. The van der Waals surface area contributed by atoms with E-state index in [9.17, 15) is 0 Å². The van der Waals surface area contributed by atoms with E-state index < -0.39 is 0 Å². The zero-order valence-electron chi connectivity index (χ0n) is 12.7. The summed E-state index contributed by atoms with van der Waals surface area (Å²) in [5.41, 5.74) is 4.24. The Balaban J connectivity index is 1.91. The topological polar surface area (TPSA) is 15.3 Å². The van der Waals surface area contributed by atoms with Crippen LogP contribution in [-0.2, 0) is 6.54 Å². The molecule has 0 spiro atoms. The maximum atomic E-state index is 3.49. The zero-order chi connectivity index (χ0) is 13.7. The van der Waals surface area contributed by atoms with E-state index in [-0.39, 0.29) is 0 Å². The highest BCUT2D eigenvalue weighted by Crippen LogP contribution is 2.19. The number of nitrogens with one attached hydrogen (secondary N) is 1. The lowest BCUT2D eigenvalue weighted by molar-refractivity contribution is 0.166. The molecular weight excluding hydrogens is 232 g/mol. The monoisotopic (exact) mass is 260 g/mol. The molecule has 0 aromatic heterocycles. The van der Waals surface area contributed by atoms with E-state index in [0.717, 1.165) is 19.0 Å². The van der Waals surface area contributed by atoms with Crippen molar-refractivity contribution in [3.63, 3.8) is 0 Å². The molecular formula is C17H28N2. The fourth-order valence-corrected chi connectivity index (χ4v) is 3.23. The summed E-state index contributed by atoms with van der Waals surface area (Å²) in [5.74, 6) is 0.833. The number of piperidine rings is 1. The lowest BCUT2D eigenvalue weighted by Crippen LogP contribution is -2.39. The van der Waals surface area contributed by atoms with Gasteiger partial charge in [0.2, 0.25) is 0 Å². The number of aryl methyl sites for hydroxylation is 2. The summed E-state index contributed by atoms with van der Waals surface area (Å²) < 4.78 is 0. The van der Waals surface area contributed by atoms with Gasteiger partial charge in [-0.05, 0) is 57.8 Å². The number of nitrogens with zero attached hydrogens (tertiary/aromatic N) is 1. The number of rotatable bonds is 5. The Morgan fingerprint density at radius 3 is 2.63 bits per heavy atom. The Bertz CT molecular complexity index is 380. The van der Waals surface area contributed by atoms with Gasteiger partial charge in [-0.1, -0.05) is 36.2 Å². The maximum absolute atomic E-state index is 3.49. The van der Waals surface area contributed by atoms with Gasteiger partial charge in [0.15, 0.2) is 0 Å². The molecule has 1 aliphatic heterocycles.